The number of nitrogens with zero attached hydrogens (tertiary/aromatic N) is 1. The lowest BCUT2D eigenvalue weighted by molar-refractivity contribution is -0.139. The Morgan fingerprint density at radius 1 is 1.04 bits per heavy atom. The number of carbonyl (C=O) groups is 1. The second-order valence-electron chi connectivity index (χ2n) is 6.16. The summed E-state index contributed by atoms with van der Waals surface area (Å²) in [6, 6.07) is 17.8. The van der Waals surface area contributed by atoms with Crippen LogP contribution in [-0.2, 0) is 26.2 Å². The van der Waals surface area contributed by atoms with Gasteiger partial charge in [0, 0.05) is 18.8 Å². The molecular formula is C21H21NO4S. The molecule has 0 saturated carbocycles. The summed E-state index contributed by atoms with van der Waals surface area (Å²) in [5.41, 5.74) is 1.69. The summed E-state index contributed by atoms with van der Waals surface area (Å²) in [4.78, 5) is 12.1. The van der Waals surface area contributed by atoms with E-state index in [0.717, 1.165) is 11.1 Å². The highest BCUT2D eigenvalue weighted by atomic mass is 32.2. The topological polar surface area (TPSA) is 63.7 Å². The van der Waals surface area contributed by atoms with Crippen molar-refractivity contribution in [2.75, 3.05) is 6.54 Å². The number of hydrogen-bond donors (Lipinski definition) is 0. The molecule has 2 aromatic rings. The van der Waals surface area contributed by atoms with Crippen LogP contribution in [0.25, 0.3) is 0 Å². The van der Waals surface area contributed by atoms with E-state index in [-0.39, 0.29) is 11.5 Å². The van der Waals surface area contributed by atoms with Crippen molar-refractivity contribution in [1.29, 1.82) is 0 Å². The van der Waals surface area contributed by atoms with E-state index in [1.54, 1.807) is 42.6 Å². The molecule has 6 heteroatoms. The van der Waals surface area contributed by atoms with Gasteiger partial charge in [-0.05, 0) is 36.1 Å². The van der Waals surface area contributed by atoms with Gasteiger partial charge in [-0.25, -0.2) is 13.2 Å². The van der Waals surface area contributed by atoms with Gasteiger partial charge in [0.05, 0.1) is 4.90 Å². The van der Waals surface area contributed by atoms with E-state index in [9.17, 15) is 13.2 Å². The molecule has 5 nitrogen and oxygen atoms in total. The van der Waals surface area contributed by atoms with Crippen LogP contribution in [0.3, 0.4) is 0 Å². The van der Waals surface area contributed by atoms with Gasteiger partial charge in [-0.1, -0.05) is 54.6 Å². The fourth-order valence-electron chi connectivity index (χ4n) is 2.75. The quantitative estimate of drug-likeness (QED) is 0.564. The van der Waals surface area contributed by atoms with Crippen molar-refractivity contribution >= 4 is 16.0 Å². The molecule has 2 aromatic carbocycles. The van der Waals surface area contributed by atoms with Crippen LogP contribution >= 0.6 is 0 Å². The predicted octanol–water partition coefficient (Wildman–Crippen LogP) is 3.65. The third-order valence-corrected chi connectivity index (χ3v) is 5.93. The van der Waals surface area contributed by atoms with E-state index >= 15 is 0 Å². The van der Waals surface area contributed by atoms with Crippen molar-refractivity contribution in [2.24, 2.45) is 0 Å². The molecule has 0 N–H and O–H groups in total. The summed E-state index contributed by atoms with van der Waals surface area (Å²) in [5, 5.41) is 0. The summed E-state index contributed by atoms with van der Waals surface area (Å²) >= 11 is 0. The Balaban J connectivity index is 1.64. The number of hydrogen-bond acceptors (Lipinski definition) is 4. The minimum Gasteiger partial charge on any atom is -0.458 e. The Labute approximate surface area is 159 Å². The summed E-state index contributed by atoms with van der Waals surface area (Å²) in [6.45, 7) is 0.630. The van der Waals surface area contributed by atoms with E-state index in [1.807, 2.05) is 30.3 Å². The van der Waals surface area contributed by atoms with Gasteiger partial charge in [-0.3, -0.25) is 4.31 Å². The summed E-state index contributed by atoms with van der Waals surface area (Å²) in [6.07, 6.45) is 5.96. The molecule has 0 aliphatic carbocycles. The molecule has 0 unspecified atom stereocenters. The van der Waals surface area contributed by atoms with Crippen LogP contribution < -0.4 is 0 Å². The van der Waals surface area contributed by atoms with Crippen LogP contribution in [0.4, 0.5) is 0 Å². The smallest absolute Gasteiger partial charge is 0.331 e. The normalized spacial score (nSPS) is 14.8. The van der Waals surface area contributed by atoms with Crippen LogP contribution in [0, 0.1) is 0 Å². The lowest BCUT2D eigenvalue weighted by atomic mass is 10.1. The van der Waals surface area contributed by atoms with Crippen LogP contribution in [0.15, 0.2) is 89.5 Å². The molecule has 1 aliphatic heterocycles. The van der Waals surface area contributed by atoms with Crippen molar-refractivity contribution in [3.05, 3.63) is 90.2 Å². The monoisotopic (exact) mass is 383 g/mol. The first-order chi connectivity index (χ1) is 13.1. The number of esters is 1. The number of carbonyl (C=O) groups excluding carboxylic acids is 1. The molecule has 0 bridgehead atoms. The van der Waals surface area contributed by atoms with Crippen molar-refractivity contribution in [3.63, 3.8) is 0 Å². The molecule has 0 radical (unpaired) electrons. The molecule has 0 fully saturated rings. The number of allylic oxidation sites excluding steroid dienone is 2. The number of benzene rings is 2. The average Bonchev–Trinajstić information content (AvgIpc) is 2.72. The van der Waals surface area contributed by atoms with Crippen LogP contribution in [0.5, 0.6) is 0 Å². The van der Waals surface area contributed by atoms with Gasteiger partial charge in [-0.15, -0.1) is 0 Å². The van der Waals surface area contributed by atoms with E-state index in [1.165, 1.54) is 10.4 Å². The maximum atomic E-state index is 12.7. The van der Waals surface area contributed by atoms with Gasteiger partial charge in [0.25, 0.3) is 10.0 Å². The zero-order valence-electron chi connectivity index (χ0n) is 14.8. The molecule has 1 aliphatic rings. The van der Waals surface area contributed by atoms with E-state index in [0.29, 0.717) is 19.4 Å². The fourth-order valence-corrected chi connectivity index (χ4v) is 4.16. The van der Waals surface area contributed by atoms with Crippen molar-refractivity contribution < 1.29 is 17.9 Å². The molecule has 0 aromatic heterocycles. The van der Waals surface area contributed by atoms with Crippen molar-refractivity contribution in [2.45, 2.75) is 24.3 Å². The molecule has 0 atom stereocenters. The Morgan fingerprint density at radius 3 is 2.41 bits per heavy atom. The third-order valence-electron chi connectivity index (χ3n) is 4.16. The molecule has 27 heavy (non-hydrogen) atoms. The van der Waals surface area contributed by atoms with Crippen LogP contribution in [0.1, 0.15) is 18.4 Å². The second-order valence-corrected chi connectivity index (χ2v) is 8.05. The standard InChI is InChI=1S/C21H21NO4S/c23-21(26-17-19-8-3-1-4-9-19)14-13-18-10-7-15-22(16-18)27(24,25)20-11-5-2-6-12-20/h1-6,8-9,11-14,16H,7,10,15,17H2/b14-13+. The van der Waals surface area contributed by atoms with Gasteiger partial charge in [0.1, 0.15) is 6.61 Å². The maximum absolute atomic E-state index is 12.7. The maximum Gasteiger partial charge on any atom is 0.331 e. The Bertz CT molecular complexity index is 935. The highest BCUT2D eigenvalue weighted by Gasteiger charge is 2.23. The lowest BCUT2D eigenvalue weighted by Crippen LogP contribution is -2.29. The van der Waals surface area contributed by atoms with Gasteiger partial charge >= 0.3 is 5.97 Å². The zero-order chi connectivity index (χ0) is 19.1. The number of ether oxygens (including phenoxy) is 1. The lowest BCUT2D eigenvalue weighted by Gasteiger charge is -2.25. The van der Waals surface area contributed by atoms with E-state index in [4.69, 9.17) is 4.74 Å². The van der Waals surface area contributed by atoms with Gasteiger partial charge in [0.15, 0.2) is 0 Å². The summed E-state index contributed by atoms with van der Waals surface area (Å²) < 4.78 is 31.9. The third kappa shape index (κ3) is 5.08. The average molecular weight is 383 g/mol. The summed E-state index contributed by atoms with van der Waals surface area (Å²) in [7, 11) is -3.57. The Kier molecular flexibility index (Phi) is 6.08. The second kappa shape index (κ2) is 8.68. The predicted molar refractivity (Wildman–Crippen MR) is 103 cm³/mol. The molecule has 0 spiro atoms. The molecule has 3 rings (SSSR count). The number of rotatable bonds is 6. The first-order valence-electron chi connectivity index (χ1n) is 8.72. The summed E-state index contributed by atoms with van der Waals surface area (Å²) in [5.74, 6) is -0.456. The minimum atomic E-state index is -3.57. The SMILES string of the molecule is O=C(/C=C/C1=CN(S(=O)(=O)c2ccccc2)CCC1)OCc1ccccc1. The van der Waals surface area contributed by atoms with Crippen molar-refractivity contribution in [1.82, 2.24) is 4.31 Å². The highest BCUT2D eigenvalue weighted by molar-refractivity contribution is 7.89. The molecule has 0 saturated heterocycles. The first kappa shape index (κ1) is 18.9. The number of sulfonamides is 1. The Hall–Kier alpha value is -2.86. The van der Waals surface area contributed by atoms with Gasteiger partial charge in [0.2, 0.25) is 0 Å². The van der Waals surface area contributed by atoms with E-state index < -0.39 is 16.0 Å². The van der Waals surface area contributed by atoms with Gasteiger partial charge < -0.3 is 4.74 Å². The van der Waals surface area contributed by atoms with Gasteiger partial charge in [-0.2, -0.15) is 0 Å². The molecular weight excluding hydrogens is 362 g/mol. The van der Waals surface area contributed by atoms with E-state index in [2.05, 4.69) is 0 Å². The molecule has 140 valence electrons. The largest absolute Gasteiger partial charge is 0.458 e. The molecule has 1 heterocycles. The minimum absolute atomic E-state index is 0.206. The zero-order valence-corrected chi connectivity index (χ0v) is 15.6. The Morgan fingerprint density at radius 2 is 1.70 bits per heavy atom. The fraction of sp³-hybridized carbons (Fsp3) is 0.190. The first-order valence-corrected chi connectivity index (χ1v) is 10.2. The van der Waals surface area contributed by atoms with Crippen molar-refractivity contribution in [3.8, 4) is 0 Å². The van der Waals surface area contributed by atoms with Crippen LogP contribution in [0.2, 0.25) is 0 Å². The molecule has 0 amide bonds. The highest BCUT2D eigenvalue weighted by Crippen LogP contribution is 2.23. The van der Waals surface area contributed by atoms with Crippen LogP contribution in [-0.4, -0.2) is 25.2 Å².